The molecule has 0 aliphatic carbocycles. The summed E-state index contributed by atoms with van der Waals surface area (Å²) in [7, 11) is 5.06. The van der Waals surface area contributed by atoms with Crippen LogP contribution in [-0.4, -0.2) is 82.5 Å². The predicted octanol–water partition coefficient (Wildman–Crippen LogP) is 10.4. The van der Waals surface area contributed by atoms with Gasteiger partial charge >= 0.3 is 5.97 Å². The lowest BCUT2D eigenvalue weighted by Gasteiger charge is -2.16. The van der Waals surface area contributed by atoms with Gasteiger partial charge in [-0.05, 0) is 126 Å². The minimum absolute atomic E-state index is 0.175. The van der Waals surface area contributed by atoms with E-state index in [9.17, 15) is 13.8 Å². The van der Waals surface area contributed by atoms with Gasteiger partial charge in [-0.1, -0.05) is 48.5 Å². The van der Waals surface area contributed by atoms with Crippen molar-refractivity contribution in [3.05, 3.63) is 150 Å². The maximum Gasteiger partial charge on any atom is 0.328 e. The number of aromatic amines is 2. The maximum atomic E-state index is 13.6. The summed E-state index contributed by atoms with van der Waals surface area (Å²) < 4.78 is 33.9. The monoisotopic (exact) mass is 909 g/mol. The average molecular weight is 910 g/mol. The number of esters is 1. The van der Waals surface area contributed by atoms with Crippen LogP contribution in [0.3, 0.4) is 0 Å². The number of hydrogen-bond acceptors (Lipinski definition) is 9. The number of ether oxygens (including phenoxy) is 4. The fraction of sp³-hybridized carbons (Fsp3) is 0.148. The van der Waals surface area contributed by atoms with E-state index in [0.29, 0.717) is 28.5 Å². The van der Waals surface area contributed by atoms with Crippen LogP contribution >= 0.6 is 0 Å². The zero-order chi connectivity index (χ0) is 46.6. The molecule has 0 spiro atoms. The van der Waals surface area contributed by atoms with Gasteiger partial charge < -0.3 is 34.2 Å². The molecule has 0 saturated heterocycles. The van der Waals surface area contributed by atoms with E-state index < -0.39 is 28.7 Å². The fourth-order valence-electron chi connectivity index (χ4n) is 8.46. The van der Waals surface area contributed by atoms with Gasteiger partial charge in [-0.25, -0.2) is 14.8 Å². The number of fused-ring (bicyclic) bond motifs is 8. The number of aromatic nitrogens is 4. The molecule has 7 aromatic rings. The van der Waals surface area contributed by atoms with E-state index in [2.05, 4.69) is 33.5 Å². The Kier molecular flexibility index (Phi) is 12.7. The molecular formula is C54H47N5O7S. The minimum Gasteiger partial charge on any atom is -0.497 e. The van der Waals surface area contributed by atoms with E-state index >= 15 is 0 Å². The predicted molar refractivity (Wildman–Crippen MR) is 267 cm³/mol. The molecule has 336 valence electrons. The highest BCUT2D eigenvalue weighted by Gasteiger charge is 2.24. The van der Waals surface area contributed by atoms with Crippen LogP contribution in [0.2, 0.25) is 0 Å². The van der Waals surface area contributed by atoms with Crippen LogP contribution in [-0.2, 0) is 20.3 Å². The molecule has 0 radical (unpaired) electrons. The molecule has 5 heterocycles. The second-order valence-electron chi connectivity index (χ2n) is 15.9. The van der Waals surface area contributed by atoms with Gasteiger partial charge in [0, 0.05) is 72.7 Å². The molecule has 9 rings (SSSR count). The van der Waals surface area contributed by atoms with Gasteiger partial charge in [0.25, 0.3) is 5.91 Å². The fourth-order valence-corrected chi connectivity index (χ4v) is 9.03. The summed E-state index contributed by atoms with van der Waals surface area (Å²) in [5.74, 6) is 1.28. The van der Waals surface area contributed by atoms with Crippen LogP contribution in [0, 0.1) is 0 Å². The third-order valence-corrected chi connectivity index (χ3v) is 12.6. The van der Waals surface area contributed by atoms with Gasteiger partial charge in [0.05, 0.1) is 51.2 Å². The minimum atomic E-state index is -1.16. The summed E-state index contributed by atoms with van der Waals surface area (Å²) in [5.41, 5.74) is 13.3. The molecule has 3 aromatic heterocycles. The zero-order valence-corrected chi connectivity index (χ0v) is 38.3. The van der Waals surface area contributed by atoms with Crippen molar-refractivity contribution in [2.45, 2.75) is 12.5 Å². The third kappa shape index (κ3) is 9.14. The molecule has 4 aromatic carbocycles. The number of benzene rings is 4. The lowest BCUT2D eigenvalue weighted by atomic mass is 10.0. The second kappa shape index (κ2) is 19.2. The van der Waals surface area contributed by atoms with E-state index in [1.54, 1.807) is 39.7 Å². The topological polar surface area (TPSA) is 158 Å². The van der Waals surface area contributed by atoms with E-state index in [1.165, 1.54) is 7.11 Å². The number of hydrogen-bond donors (Lipinski definition) is 3. The van der Waals surface area contributed by atoms with Crippen molar-refractivity contribution < 1.29 is 32.7 Å². The van der Waals surface area contributed by atoms with Gasteiger partial charge in [0.1, 0.15) is 23.3 Å². The molecule has 2 aliphatic heterocycles. The van der Waals surface area contributed by atoms with Gasteiger partial charge in [-0.15, -0.1) is 0 Å². The van der Waals surface area contributed by atoms with Crippen molar-refractivity contribution in [2.75, 3.05) is 40.4 Å². The number of nitrogens with one attached hydrogen (secondary N) is 3. The Morgan fingerprint density at radius 2 is 0.940 bits per heavy atom. The average Bonchev–Trinajstić information content (AvgIpc) is 4.21. The Hall–Kier alpha value is -8.03. The van der Waals surface area contributed by atoms with E-state index in [-0.39, 0.29) is 12.2 Å². The lowest BCUT2D eigenvalue weighted by molar-refractivity contribution is -0.142. The third-order valence-electron chi connectivity index (χ3n) is 11.7. The summed E-state index contributed by atoms with van der Waals surface area (Å²) in [6, 6.07) is 38.2. The maximum absolute atomic E-state index is 13.6. The van der Waals surface area contributed by atoms with Crippen molar-refractivity contribution in [1.29, 1.82) is 0 Å². The molecule has 8 bridgehead atoms. The molecule has 0 fully saturated rings. The van der Waals surface area contributed by atoms with Crippen LogP contribution in [0.4, 0.5) is 0 Å². The SMILES string of the molecule is COC(=O)[C@H](CCS(C)=O)NC(=O)c1ccc(-c2c3nc(c(-c4cccc(OC)c4)c4ccc([nH]4)c(-c4cccc(OC)c4)c4nc(c(-c5cccc(OC)c5)c5ccc2[nH]5)C=C4)C=C3)cc1. The Morgan fingerprint density at radius 3 is 1.30 bits per heavy atom. The number of carbonyl (C=O) groups is 2. The highest BCUT2D eigenvalue weighted by atomic mass is 32.2. The number of carbonyl (C=O) groups excluding carboxylic acids is 2. The Balaban J connectivity index is 1.33. The smallest absolute Gasteiger partial charge is 0.328 e. The molecule has 12 nitrogen and oxygen atoms in total. The normalized spacial score (nSPS) is 12.6. The molecule has 2 aliphatic rings. The van der Waals surface area contributed by atoms with Crippen molar-refractivity contribution in [2.24, 2.45) is 0 Å². The number of nitrogens with zero attached hydrogens (tertiary/aromatic N) is 2. The summed E-state index contributed by atoms with van der Waals surface area (Å²) in [4.78, 5) is 44.4. The van der Waals surface area contributed by atoms with Crippen molar-refractivity contribution in [3.63, 3.8) is 0 Å². The van der Waals surface area contributed by atoms with Crippen LogP contribution in [0.15, 0.2) is 121 Å². The van der Waals surface area contributed by atoms with Crippen LogP contribution in [0.1, 0.15) is 39.6 Å². The van der Waals surface area contributed by atoms with E-state index in [4.69, 9.17) is 28.9 Å². The number of amides is 1. The van der Waals surface area contributed by atoms with Crippen molar-refractivity contribution >= 4 is 69.0 Å². The standard InChI is InChI=1S/C54H47N5O7S/c1-63-37-12-6-9-34(29-37)50-42-21-19-40(55-42)49(32-15-17-33(18-16-32)53(60)59-48(54(61)66-4)27-28-67(5)62)41-20-22-43(56-41)51(35-10-7-13-38(30-35)64-2)45-24-26-47(58-45)52(46-25-23-44(50)57-46)36-11-8-14-39(31-36)65-3/h6-26,29-31,48,55,58H,27-28H2,1-5H3,(H,59,60)/t48-,67?/m0/s1. The first-order valence-electron chi connectivity index (χ1n) is 21.5. The molecule has 3 N–H and O–H groups in total. The lowest BCUT2D eigenvalue weighted by Crippen LogP contribution is -2.42. The summed E-state index contributed by atoms with van der Waals surface area (Å²) in [5, 5.41) is 2.77. The zero-order valence-electron chi connectivity index (χ0n) is 37.5. The number of H-pyrrole nitrogens is 2. The Morgan fingerprint density at radius 1 is 0.552 bits per heavy atom. The highest BCUT2D eigenvalue weighted by molar-refractivity contribution is 7.84. The van der Waals surface area contributed by atoms with Crippen LogP contribution < -0.4 is 19.5 Å². The van der Waals surface area contributed by atoms with Crippen LogP contribution in [0.5, 0.6) is 17.2 Å². The number of rotatable bonds is 13. The van der Waals surface area contributed by atoms with Gasteiger partial charge in [-0.2, -0.15) is 0 Å². The first-order valence-corrected chi connectivity index (χ1v) is 23.3. The van der Waals surface area contributed by atoms with Crippen LogP contribution in [0.25, 0.3) is 90.9 Å². The number of methoxy groups -OCH3 is 4. The van der Waals surface area contributed by atoms with Gasteiger partial charge in [0.2, 0.25) is 0 Å². The molecule has 1 unspecified atom stereocenters. The summed E-state index contributed by atoms with van der Waals surface area (Å²) in [6.45, 7) is 0. The Bertz CT molecular complexity index is 3270. The van der Waals surface area contributed by atoms with E-state index in [1.807, 2.05) is 115 Å². The van der Waals surface area contributed by atoms with Crippen molar-refractivity contribution in [1.82, 2.24) is 25.3 Å². The Labute approximate surface area is 389 Å². The second-order valence-corrected chi connectivity index (χ2v) is 17.4. The molecular weight excluding hydrogens is 863 g/mol. The first kappa shape index (κ1) is 44.2. The molecule has 67 heavy (non-hydrogen) atoms. The van der Waals surface area contributed by atoms with Gasteiger partial charge in [-0.3, -0.25) is 9.00 Å². The quantitative estimate of drug-likeness (QED) is 0.0958. The molecule has 2 atom stereocenters. The molecule has 1 amide bonds. The molecule has 0 saturated carbocycles. The van der Waals surface area contributed by atoms with E-state index in [0.717, 1.165) is 83.7 Å². The largest absolute Gasteiger partial charge is 0.497 e. The highest BCUT2D eigenvalue weighted by Crippen LogP contribution is 2.40. The van der Waals surface area contributed by atoms with Gasteiger partial charge in [0.15, 0.2) is 0 Å². The van der Waals surface area contributed by atoms with Crippen molar-refractivity contribution in [3.8, 4) is 61.8 Å². The summed E-state index contributed by atoms with van der Waals surface area (Å²) >= 11 is 0. The first-order chi connectivity index (χ1) is 32.6. The molecule has 13 heteroatoms. The summed E-state index contributed by atoms with van der Waals surface area (Å²) in [6.07, 6.45) is 9.81.